The first-order valence-corrected chi connectivity index (χ1v) is 4.94. The second-order valence-corrected chi connectivity index (χ2v) is 4.22. The molecule has 0 aromatic rings. The highest BCUT2D eigenvalue weighted by Gasteiger charge is 2.15. The molecule has 1 atom stereocenters. The Labute approximate surface area is 81.3 Å². The van der Waals surface area contributed by atoms with Crippen LogP contribution in [0.2, 0.25) is 0 Å². The fraction of sp³-hybridized carbons (Fsp3) is 0.818. The molecule has 0 saturated heterocycles. The molecule has 0 aromatic heterocycles. The van der Waals surface area contributed by atoms with Crippen LogP contribution in [0.15, 0.2) is 11.6 Å². The molecule has 1 unspecified atom stereocenters. The summed E-state index contributed by atoms with van der Waals surface area (Å²) in [5.41, 5.74) is 0.333. The summed E-state index contributed by atoms with van der Waals surface area (Å²) in [5, 5.41) is 19.1. The van der Waals surface area contributed by atoms with Crippen LogP contribution in [0.1, 0.15) is 47.0 Å². The molecule has 0 aliphatic carbocycles. The highest BCUT2D eigenvalue weighted by atomic mass is 16.3. The van der Waals surface area contributed by atoms with Gasteiger partial charge in [-0.15, -0.1) is 0 Å². The predicted octanol–water partition coefficient (Wildman–Crippen LogP) is 2.25. The average Bonchev–Trinajstić information content (AvgIpc) is 1.99. The van der Waals surface area contributed by atoms with Crippen molar-refractivity contribution >= 4 is 0 Å². The van der Waals surface area contributed by atoms with Gasteiger partial charge in [0.05, 0.1) is 11.7 Å². The molecule has 0 bridgehead atoms. The summed E-state index contributed by atoms with van der Waals surface area (Å²) in [6, 6.07) is 0. The highest BCUT2D eigenvalue weighted by molar-refractivity contribution is 5.03. The van der Waals surface area contributed by atoms with Crippen molar-refractivity contribution in [2.75, 3.05) is 0 Å². The van der Waals surface area contributed by atoms with Crippen LogP contribution in [0.25, 0.3) is 0 Å². The lowest BCUT2D eigenvalue weighted by molar-refractivity contribution is 0.0543. The molecule has 0 radical (unpaired) electrons. The second-order valence-electron chi connectivity index (χ2n) is 4.22. The summed E-state index contributed by atoms with van der Waals surface area (Å²) in [6.07, 6.45) is 3.83. The summed E-state index contributed by atoms with van der Waals surface area (Å²) in [4.78, 5) is 0. The van der Waals surface area contributed by atoms with Gasteiger partial charge in [-0.3, -0.25) is 0 Å². The molecule has 0 aliphatic rings. The minimum atomic E-state index is -0.673. The van der Waals surface area contributed by atoms with Crippen molar-refractivity contribution in [2.24, 2.45) is 0 Å². The molecule has 0 saturated carbocycles. The van der Waals surface area contributed by atoms with Crippen LogP contribution in [-0.4, -0.2) is 21.9 Å². The normalized spacial score (nSPS) is 16.0. The first kappa shape index (κ1) is 12.7. The van der Waals surface area contributed by atoms with Crippen LogP contribution in [0.5, 0.6) is 0 Å². The summed E-state index contributed by atoms with van der Waals surface area (Å²) < 4.78 is 0. The van der Waals surface area contributed by atoms with E-state index in [1.807, 2.05) is 19.9 Å². The summed E-state index contributed by atoms with van der Waals surface area (Å²) in [7, 11) is 0. The second kappa shape index (κ2) is 5.40. The Balaban J connectivity index is 3.88. The van der Waals surface area contributed by atoms with Crippen LogP contribution >= 0.6 is 0 Å². The van der Waals surface area contributed by atoms with E-state index < -0.39 is 11.7 Å². The smallest absolute Gasteiger partial charge is 0.0748 e. The van der Waals surface area contributed by atoms with Gasteiger partial charge < -0.3 is 10.2 Å². The fourth-order valence-electron chi connectivity index (χ4n) is 1.18. The predicted molar refractivity (Wildman–Crippen MR) is 55.6 cm³/mol. The minimum absolute atomic E-state index is 0.397. The van der Waals surface area contributed by atoms with E-state index in [1.54, 1.807) is 13.8 Å². The van der Waals surface area contributed by atoms with Crippen LogP contribution in [-0.2, 0) is 0 Å². The maximum Gasteiger partial charge on any atom is 0.0748 e. The number of allylic oxidation sites excluding steroid dienone is 1. The molecule has 2 nitrogen and oxygen atoms in total. The van der Waals surface area contributed by atoms with E-state index in [9.17, 15) is 10.2 Å². The largest absolute Gasteiger partial charge is 0.390 e. The first-order valence-electron chi connectivity index (χ1n) is 4.94. The summed E-state index contributed by atoms with van der Waals surface area (Å²) >= 11 is 0. The van der Waals surface area contributed by atoms with E-state index >= 15 is 0 Å². The van der Waals surface area contributed by atoms with Gasteiger partial charge in [-0.1, -0.05) is 13.0 Å². The quantitative estimate of drug-likeness (QED) is 0.646. The molecular formula is C11H22O2. The van der Waals surface area contributed by atoms with E-state index in [-0.39, 0.29) is 0 Å². The van der Waals surface area contributed by atoms with E-state index in [0.717, 1.165) is 12.0 Å². The number of aliphatic hydroxyl groups excluding tert-OH is 1. The summed E-state index contributed by atoms with van der Waals surface area (Å²) in [6.45, 7) is 7.50. The molecule has 0 aromatic carbocycles. The van der Waals surface area contributed by atoms with E-state index in [1.165, 1.54) is 0 Å². The zero-order valence-electron chi connectivity index (χ0n) is 9.17. The van der Waals surface area contributed by atoms with Crippen LogP contribution in [0.4, 0.5) is 0 Å². The molecule has 0 fully saturated rings. The molecule has 78 valence electrons. The van der Waals surface area contributed by atoms with Crippen molar-refractivity contribution in [1.29, 1.82) is 0 Å². The van der Waals surface area contributed by atoms with Gasteiger partial charge in [-0.2, -0.15) is 0 Å². The van der Waals surface area contributed by atoms with Gasteiger partial charge in [0.2, 0.25) is 0 Å². The number of hydrogen-bond donors (Lipinski definition) is 2. The first-order chi connectivity index (χ1) is 5.87. The SMILES string of the molecule is CC/C=C(\C)C(O)CCC(C)(C)O. The molecule has 0 rings (SSSR count). The lowest BCUT2D eigenvalue weighted by Gasteiger charge is -2.19. The number of rotatable bonds is 5. The molecule has 0 heterocycles. The van der Waals surface area contributed by atoms with Gasteiger partial charge in [0.25, 0.3) is 0 Å². The van der Waals surface area contributed by atoms with Gasteiger partial charge in [0, 0.05) is 0 Å². The Hall–Kier alpha value is -0.340. The fourth-order valence-corrected chi connectivity index (χ4v) is 1.18. The van der Waals surface area contributed by atoms with E-state index in [4.69, 9.17) is 0 Å². The Morgan fingerprint density at radius 3 is 2.38 bits per heavy atom. The van der Waals surface area contributed by atoms with Gasteiger partial charge in [0.15, 0.2) is 0 Å². The Morgan fingerprint density at radius 2 is 2.00 bits per heavy atom. The van der Waals surface area contributed by atoms with Crippen molar-refractivity contribution in [1.82, 2.24) is 0 Å². The van der Waals surface area contributed by atoms with Gasteiger partial charge in [-0.25, -0.2) is 0 Å². The zero-order chi connectivity index (χ0) is 10.5. The molecule has 2 heteroatoms. The van der Waals surface area contributed by atoms with E-state index in [0.29, 0.717) is 12.8 Å². The maximum absolute atomic E-state index is 9.63. The van der Waals surface area contributed by atoms with E-state index in [2.05, 4.69) is 0 Å². The molecule has 0 amide bonds. The Kier molecular flexibility index (Phi) is 5.26. The lowest BCUT2D eigenvalue weighted by atomic mass is 9.97. The van der Waals surface area contributed by atoms with Crippen molar-refractivity contribution in [2.45, 2.75) is 58.7 Å². The van der Waals surface area contributed by atoms with Crippen molar-refractivity contribution < 1.29 is 10.2 Å². The third-order valence-electron chi connectivity index (χ3n) is 2.08. The minimum Gasteiger partial charge on any atom is -0.390 e. The third kappa shape index (κ3) is 6.79. The van der Waals surface area contributed by atoms with Crippen LogP contribution in [0.3, 0.4) is 0 Å². The summed E-state index contributed by atoms with van der Waals surface area (Å²) in [5.74, 6) is 0. The molecule has 13 heavy (non-hydrogen) atoms. The Bertz CT molecular complexity index is 165. The highest BCUT2D eigenvalue weighted by Crippen LogP contribution is 2.16. The van der Waals surface area contributed by atoms with Gasteiger partial charge in [-0.05, 0) is 45.6 Å². The lowest BCUT2D eigenvalue weighted by Crippen LogP contribution is -2.21. The molecule has 0 spiro atoms. The zero-order valence-corrected chi connectivity index (χ0v) is 9.17. The van der Waals surface area contributed by atoms with Gasteiger partial charge in [0.1, 0.15) is 0 Å². The molecular weight excluding hydrogens is 164 g/mol. The molecule has 2 N–H and O–H groups in total. The molecule has 0 aliphatic heterocycles. The van der Waals surface area contributed by atoms with Crippen LogP contribution in [0, 0.1) is 0 Å². The average molecular weight is 186 g/mol. The standard InChI is InChI=1S/C11H22O2/c1-5-6-9(2)10(12)7-8-11(3,4)13/h6,10,12-13H,5,7-8H2,1-4H3/b9-6+. The van der Waals surface area contributed by atoms with Crippen molar-refractivity contribution in [3.8, 4) is 0 Å². The topological polar surface area (TPSA) is 40.5 Å². The number of aliphatic hydroxyl groups is 2. The Morgan fingerprint density at radius 1 is 1.46 bits per heavy atom. The number of hydrogen-bond acceptors (Lipinski definition) is 2. The third-order valence-corrected chi connectivity index (χ3v) is 2.08. The maximum atomic E-state index is 9.63. The monoisotopic (exact) mass is 186 g/mol. The van der Waals surface area contributed by atoms with Gasteiger partial charge >= 0.3 is 0 Å². The van der Waals surface area contributed by atoms with Crippen molar-refractivity contribution in [3.05, 3.63) is 11.6 Å². The van der Waals surface area contributed by atoms with Crippen LogP contribution < -0.4 is 0 Å². The van der Waals surface area contributed by atoms with Crippen molar-refractivity contribution in [3.63, 3.8) is 0 Å².